The summed E-state index contributed by atoms with van der Waals surface area (Å²) in [7, 11) is 0. The first-order valence-electron chi connectivity index (χ1n) is 6.56. The Morgan fingerprint density at radius 2 is 2.19 bits per heavy atom. The van der Waals surface area contributed by atoms with E-state index in [1.54, 1.807) is 10.7 Å². The standard InChI is InChI=1S/C13H11ClN4O3/c14-8-4-2-1-3-7(8)12-15-16-17-18(12)9-5-10(19)13-20-6-11(9)21-13/h1-4,9,11,13H,5-6H2/t9-,11+,13-/m0/s1. The van der Waals surface area contributed by atoms with Crippen molar-refractivity contribution >= 4 is 17.4 Å². The van der Waals surface area contributed by atoms with Gasteiger partial charge >= 0.3 is 0 Å². The number of ether oxygens (including phenoxy) is 2. The van der Waals surface area contributed by atoms with Crippen molar-refractivity contribution < 1.29 is 14.3 Å². The topological polar surface area (TPSA) is 79.1 Å². The summed E-state index contributed by atoms with van der Waals surface area (Å²) in [5.41, 5.74) is 0.720. The van der Waals surface area contributed by atoms with Crippen molar-refractivity contribution in [2.45, 2.75) is 24.9 Å². The van der Waals surface area contributed by atoms with Gasteiger partial charge in [0.2, 0.25) is 6.29 Å². The van der Waals surface area contributed by atoms with E-state index < -0.39 is 6.29 Å². The molecule has 2 fully saturated rings. The van der Waals surface area contributed by atoms with Crippen LogP contribution in [0.5, 0.6) is 0 Å². The second-order valence-electron chi connectivity index (χ2n) is 5.00. The second kappa shape index (κ2) is 4.87. The van der Waals surface area contributed by atoms with Crippen molar-refractivity contribution in [1.82, 2.24) is 20.2 Å². The van der Waals surface area contributed by atoms with Crippen LogP contribution in [-0.2, 0) is 14.3 Å². The van der Waals surface area contributed by atoms with Crippen LogP contribution >= 0.6 is 11.6 Å². The van der Waals surface area contributed by atoms with Crippen molar-refractivity contribution in [2.24, 2.45) is 0 Å². The molecule has 2 aliphatic rings. The summed E-state index contributed by atoms with van der Waals surface area (Å²) in [4.78, 5) is 11.9. The Bertz CT molecular complexity index is 704. The largest absolute Gasteiger partial charge is 0.343 e. The number of ketones is 1. The van der Waals surface area contributed by atoms with Gasteiger partial charge in [-0.3, -0.25) is 4.79 Å². The van der Waals surface area contributed by atoms with Crippen LogP contribution in [0, 0.1) is 0 Å². The molecule has 108 valence electrons. The molecule has 3 atom stereocenters. The van der Waals surface area contributed by atoms with Gasteiger partial charge in [-0.2, -0.15) is 0 Å². The first-order valence-corrected chi connectivity index (χ1v) is 6.94. The molecule has 4 rings (SSSR count). The van der Waals surface area contributed by atoms with Crippen LogP contribution in [0.25, 0.3) is 11.4 Å². The molecule has 2 aliphatic heterocycles. The number of Topliss-reactive ketones (excluding diaryl/α,β-unsaturated/α-hetero) is 1. The van der Waals surface area contributed by atoms with Gasteiger partial charge in [0.1, 0.15) is 6.10 Å². The molecule has 0 N–H and O–H groups in total. The highest BCUT2D eigenvalue weighted by Crippen LogP contribution is 2.35. The van der Waals surface area contributed by atoms with E-state index in [-0.39, 0.29) is 24.3 Å². The Morgan fingerprint density at radius 3 is 3.05 bits per heavy atom. The average Bonchev–Trinajstić information content (AvgIpc) is 3.12. The van der Waals surface area contributed by atoms with Gasteiger partial charge in [-0.1, -0.05) is 23.7 Å². The maximum Gasteiger partial charge on any atom is 0.218 e. The number of hydrogen-bond acceptors (Lipinski definition) is 6. The molecule has 2 bridgehead atoms. The quantitative estimate of drug-likeness (QED) is 0.831. The number of nitrogens with zero attached hydrogens (tertiary/aromatic N) is 4. The maximum absolute atomic E-state index is 11.9. The van der Waals surface area contributed by atoms with Crippen LogP contribution in [0.4, 0.5) is 0 Å². The fraction of sp³-hybridized carbons (Fsp3) is 0.385. The van der Waals surface area contributed by atoms with E-state index >= 15 is 0 Å². The van der Waals surface area contributed by atoms with E-state index in [2.05, 4.69) is 15.5 Å². The second-order valence-corrected chi connectivity index (χ2v) is 5.41. The molecule has 2 aromatic rings. The molecule has 0 aliphatic carbocycles. The summed E-state index contributed by atoms with van der Waals surface area (Å²) in [5.74, 6) is 0.432. The van der Waals surface area contributed by atoms with Crippen molar-refractivity contribution in [1.29, 1.82) is 0 Å². The van der Waals surface area contributed by atoms with Crippen LogP contribution < -0.4 is 0 Å². The minimum Gasteiger partial charge on any atom is -0.343 e. The monoisotopic (exact) mass is 306 g/mol. The number of halogens is 1. The molecule has 0 spiro atoms. The number of fused-ring (bicyclic) bond motifs is 2. The van der Waals surface area contributed by atoms with Crippen LogP contribution in [0.2, 0.25) is 5.02 Å². The van der Waals surface area contributed by atoms with E-state index in [1.807, 2.05) is 18.2 Å². The van der Waals surface area contributed by atoms with E-state index in [9.17, 15) is 4.79 Å². The summed E-state index contributed by atoms with van der Waals surface area (Å²) in [6.45, 7) is 0.364. The third-order valence-corrected chi connectivity index (χ3v) is 4.06. The van der Waals surface area contributed by atoms with Gasteiger partial charge in [-0.05, 0) is 22.6 Å². The van der Waals surface area contributed by atoms with E-state index in [0.29, 0.717) is 17.5 Å². The smallest absolute Gasteiger partial charge is 0.218 e. The molecular formula is C13H11ClN4O3. The third-order valence-electron chi connectivity index (χ3n) is 3.73. The van der Waals surface area contributed by atoms with Crippen molar-refractivity contribution in [3.05, 3.63) is 29.3 Å². The zero-order valence-electron chi connectivity index (χ0n) is 10.8. The van der Waals surface area contributed by atoms with Crippen LogP contribution in [-0.4, -0.2) is 45.0 Å². The SMILES string of the molecule is O=C1C[C@H](n2nnnc2-c2ccccc2Cl)[C@H]2CO[C@H]1O2. The molecule has 3 heterocycles. The lowest BCUT2D eigenvalue weighted by atomic mass is 10.0. The Hall–Kier alpha value is -1.83. The highest BCUT2D eigenvalue weighted by molar-refractivity contribution is 6.33. The van der Waals surface area contributed by atoms with Crippen molar-refractivity contribution in [3.63, 3.8) is 0 Å². The normalized spacial score (nSPS) is 28.0. The number of tetrazole rings is 1. The average molecular weight is 307 g/mol. The zero-order valence-corrected chi connectivity index (χ0v) is 11.6. The molecule has 1 aromatic heterocycles. The number of carbonyl (C=O) groups excluding carboxylic acids is 1. The lowest BCUT2D eigenvalue weighted by Gasteiger charge is -2.26. The van der Waals surface area contributed by atoms with Gasteiger partial charge in [0.25, 0.3) is 0 Å². The molecule has 0 saturated carbocycles. The molecule has 0 radical (unpaired) electrons. The Kier molecular flexibility index (Phi) is 2.99. The lowest BCUT2D eigenvalue weighted by Crippen LogP contribution is -2.37. The number of hydrogen-bond donors (Lipinski definition) is 0. The van der Waals surface area contributed by atoms with Crippen molar-refractivity contribution in [3.8, 4) is 11.4 Å². The van der Waals surface area contributed by atoms with Gasteiger partial charge in [-0.25, -0.2) is 4.68 Å². The molecule has 1 aromatic carbocycles. The van der Waals surface area contributed by atoms with Gasteiger partial charge in [0.05, 0.1) is 17.7 Å². The number of benzene rings is 1. The van der Waals surface area contributed by atoms with Crippen LogP contribution in [0.15, 0.2) is 24.3 Å². The number of rotatable bonds is 2. The van der Waals surface area contributed by atoms with Gasteiger partial charge in [-0.15, -0.1) is 5.10 Å². The first kappa shape index (κ1) is 12.9. The van der Waals surface area contributed by atoms with Crippen molar-refractivity contribution in [2.75, 3.05) is 6.61 Å². The Balaban J connectivity index is 1.76. The predicted octanol–water partition coefficient (Wildman–Crippen LogP) is 1.25. The molecule has 8 heteroatoms. The van der Waals surface area contributed by atoms with Gasteiger partial charge < -0.3 is 9.47 Å². The fourth-order valence-corrected chi connectivity index (χ4v) is 2.93. The molecular weight excluding hydrogens is 296 g/mol. The molecule has 0 unspecified atom stereocenters. The first-order chi connectivity index (χ1) is 10.2. The Morgan fingerprint density at radius 1 is 1.33 bits per heavy atom. The molecule has 7 nitrogen and oxygen atoms in total. The van der Waals surface area contributed by atoms with Gasteiger partial charge in [0, 0.05) is 12.0 Å². The summed E-state index contributed by atoms with van der Waals surface area (Å²) in [6.07, 6.45) is -0.665. The predicted molar refractivity (Wildman–Crippen MR) is 71.5 cm³/mol. The highest BCUT2D eigenvalue weighted by Gasteiger charge is 2.45. The lowest BCUT2D eigenvalue weighted by molar-refractivity contribution is -0.156. The third kappa shape index (κ3) is 2.05. The van der Waals surface area contributed by atoms with E-state index in [4.69, 9.17) is 21.1 Å². The van der Waals surface area contributed by atoms with Crippen LogP contribution in [0.3, 0.4) is 0 Å². The van der Waals surface area contributed by atoms with E-state index in [0.717, 1.165) is 5.56 Å². The minimum absolute atomic E-state index is 0.0886. The van der Waals surface area contributed by atoms with E-state index in [1.165, 1.54) is 0 Å². The molecule has 2 saturated heterocycles. The summed E-state index contributed by atoms with van der Waals surface area (Å²) < 4.78 is 12.5. The molecule has 21 heavy (non-hydrogen) atoms. The summed E-state index contributed by atoms with van der Waals surface area (Å²) in [6, 6.07) is 7.02. The van der Waals surface area contributed by atoms with Crippen LogP contribution in [0.1, 0.15) is 12.5 Å². The fourth-order valence-electron chi connectivity index (χ4n) is 2.70. The highest BCUT2D eigenvalue weighted by atomic mass is 35.5. The maximum atomic E-state index is 11.9. The number of aromatic nitrogens is 4. The minimum atomic E-state index is -0.730. The van der Waals surface area contributed by atoms with Gasteiger partial charge in [0.15, 0.2) is 11.6 Å². The summed E-state index contributed by atoms with van der Waals surface area (Å²) >= 11 is 6.20. The Labute approximate surface area is 124 Å². The molecule has 0 amide bonds. The number of carbonyl (C=O) groups is 1. The summed E-state index contributed by atoms with van der Waals surface area (Å²) in [5, 5.41) is 12.3. The zero-order chi connectivity index (χ0) is 14.4.